The fourth-order valence-corrected chi connectivity index (χ4v) is 2.87. The molecule has 0 heterocycles. The van der Waals surface area contributed by atoms with E-state index in [4.69, 9.17) is 28.3 Å². The quantitative estimate of drug-likeness (QED) is 0.551. The van der Waals surface area contributed by atoms with Gasteiger partial charge < -0.3 is 15.3 Å². The lowest BCUT2D eigenvalue weighted by atomic mass is 10.1. The van der Waals surface area contributed by atoms with Crippen LogP contribution in [-0.4, -0.2) is 35.6 Å². The molecule has 0 unspecified atom stereocenters. The average molecular weight is 434 g/mol. The van der Waals surface area contributed by atoms with Crippen molar-refractivity contribution in [2.75, 3.05) is 25.0 Å². The Labute approximate surface area is 177 Å². The number of para-hydroxylation sites is 2. The Hall–Kier alpha value is -1.46. The number of nitrogens with one attached hydrogen (secondary N) is 1. The summed E-state index contributed by atoms with van der Waals surface area (Å²) in [6, 6.07) is 12.3. The molecular weight excluding hydrogens is 407 g/mol. The Morgan fingerprint density at radius 1 is 0.963 bits per heavy atom. The number of aliphatic carboxylic acids is 1. The van der Waals surface area contributed by atoms with Gasteiger partial charge in [-0.2, -0.15) is 0 Å². The molecule has 7 heteroatoms. The van der Waals surface area contributed by atoms with Crippen LogP contribution in [0.15, 0.2) is 42.5 Å². The van der Waals surface area contributed by atoms with Gasteiger partial charge in [0.2, 0.25) is 0 Å². The first-order valence-corrected chi connectivity index (χ1v) is 9.41. The predicted molar refractivity (Wildman–Crippen MR) is 118 cm³/mol. The maximum absolute atomic E-state index is 10.8. The highest BCUT2D eigenvalue weighted by molar-refractivity contribution is 6.39. The van der Waals surface area contributed by atoms with Crippen LogP contribution in [0.1, 0.15) is 26.3 Å². The van der Waals surface area contributed by atoms with E-state index in [1.54, 1.807) is 36.4 Å². The molecule has 2 rings (SSSR count). The van der Waals surface area contributed by atoms with E-state index in [0.717, 1.165) is 0 Å². The Kier molecular flexibility index (Phi) is 12.9. The number of carbonyl (C=O) groups is 1. The van der Waals surface area contributed by atoms with Crippen molar-refractivity contribution in [2.24, 2.45) is 0 Å². The zero-order valence-corrected chi connectivity index (χ0v) is 18.2. The lowest BCUT2D eigenvalue weighted by Gasteiger charge is -2.13. The Morgan fingerprint density at radius 3 is 1.93 bits per heavy atom. The van der Waals surface area contributed by atoms with Gasteiger partial charge >= 0.3 is 5.97 Å². The largest absolute Gasteiger partial charge is 0.481 e. The second kappa shape index (κ2) is 13.7. The fraction of sp³-hybridized carbons (Fsp3) is 0.350. The second-order valence-corrected chi connectivity index (χ2v) is 6.38. The molecule has 2 aromatic carbocycles. The highest BCUT2D eigenvalue weighted by Crippen LogP contribution is 2.33. The van der Waals surface area contributed by atoms with Gasteiger partial charge in [0.15, 0.2) is 0 Å². The molecule has 0 radical (unpaired) electrons. The minimum Gasteiger partial charge on any atom is -0.481 e. The highest BCUT2D eigenvalue weighted by Gasteiger charge is 2.10. The number of carboxylic acids is 1. The molecule has 4 nitrogen and oxygen atoms in total. The molecule has 0 spiro atoms. The number of nitrogens with zero attached hydrogens (tertiary/aromatic N) is 1. The van der Waals surface area contributed by atoms with E-state index in [1.807, 2.05) is 6.07 Å². The van der Waals surface area contributed by atoms with Crippen LogP contribution in [-0.2, 0) is 11.2 Å². The first-order chi connectivity index (χ1) is 12.4. The monoisotopic (exact) mass is 432 g/mol. The summed E-state index contributed by atoms with van der Waals surface area (Å²) in [4.78, 5) is 13.2. The maximum atomic E-state index is 10.8. The average Bonchev–Trinajstić information content (AvgIpc) is 2.61. The number of anilines is 2. The molecule has 27 heavy (non-hydrogen) atoms. The lowest BCUT2D eigenvalue weighted by Crippen LogP contribution is -2.21. The molecule has 0 aliphatic carbocycles. The normalized spacial score (nSPS) is 9.85. The zero-order valence-electron chi connectivity index (χ0n) is 15.8. The van der Waals surface area contributed by atoms with E-state index >= 15 is 0 Å². The number of carboxylic acid groups (broad SMARTS) is 1. The van der Waals surface area contributed by atoms with E-state index in [2.05, 4.69) is 31.0 Å². The van der Waals surface area contributed by atoms with E-state index in [0.29, 0.717) is 27.0 Å². The SMILES string of the molecule is CCN(CC)CC.Cl.O=C(O)Cc1ccccc1Nc1c(Cl)cccc1Cl. The smallest absolute Gasteiger partial charge is 0.307 e. The predicted octanol–water partition coefficient (Wildman–Crippen LogP) is 6.13. The van der Waals surface area contributed by atoms with Crippen LogP contribution in [0.4, 0.5) is 11.4 Å². The van der Waals surface area contributed by atoms with Gasteiger partial charge in [-0.25, -0.2) is 0 Å². The van der Waals surface area contributed by atoms with Gasteiger partial charge in [-0.05, 0) is 43.4 Å². The summed E-state index contributed by atoms with van der Waals surface area (Å²) in [7, 11) is 0. The van der Waals surface area contributed by atoms with Gasteiger partial charge in [0.1, 0.15) is 0 Å². The van der Waals surface area contributed by atoms with Crippen LogP contribution in [0.2, 0.25) is 10.0 Å². The third kappa shape index (κ3) is 8.85. The molecule has 0 saturated heterocycles. The number of hydrogen-bond acceptors (Lipinski definition) is 3. The first-order valence-electron chi connectivity index (χ1n) is 8.65. The molecular formula is C20H27Cl3N2O2. The van der Waals surface area contributed by atoms with Crippen molar-refractivity contribution < 1.29 is 9.90 Å². The third-order valence-corrected chi connectivity index (χ3v) is 4.55. The van der Waals surface area contributed by atoms with Crippen LogP contribution < -0.4 is 5.32 Å². The number of halogens is 3. The summed E-state index contributed by atoms with van der Waals surface area (Å²) >= 11 is 12.1. The van der Waals surface area contributed by atoms with Crippen molar-refractivity contribution in [1.82, 2.24) is 4.90 Å². The molecule has 0 saturated carbocycles. The van der Waals surface area contributed by atoms with Crippen LogP contribution in [0, 0.1) is 0 Å². The third-order valence-electron chi connectivity index (χ3n) is 3.92. The van der Waals surface area contributed by atoms with Gasteiger partial charge in [-0.1, -0.05) is 68.2 Å². The van der Waals surface area contributed by atoms with Crippen molar-refractivity contribution in [1.29, 1.82) is 0 Å². The molecule has 150 valence electrons. The summed E-state index contributed by atoms with van der Waals surface area (Å²) in [5, 5.41) is 12.9. The first kappa shape index (κ1) is 25.5. The van der Waals surface area contributed by atoms with Crippen molar-refractivity contribution >= 4 is 53.0 Å². The van der Waals surface area contributed by atoms with Crippen LogP contribution >= 0.6 is 35.6 Å². The Balaban J connectivity index is 0.000000728. The molecule has 0 fully saturated rings. The molecule has 0 aromatic heterocycles. The van der Waals surface area contributed by atoms with Crippen molar-refractivity contribution in [3.05, 3.63) is 58.1 Å². The van der Waals surface area contributed by atoms with Crippen LogP contribution in [0.25, 0.3) is 0 Å². The minimum absolute atomic E-state index is 0. The molecule has 2 N–H and O–H groups in total. The van der Waals surface area contributed by atoms with Gasteiger partial charge in [0.25, 0.3) is 0 Å². The van der Waals surface area contributed by atoms with Gasteiger partial charge in [0, 0.05) is 5.69 Å². The Morgan fingerprint density at radius 2 is 1.48 bits per heavy atom. The van der Waals surface area contributed by atoms with E-state index in [9.17, 15) is 4.79 Å². The number of benzene rings is 2. The summed E-state index contributed by atoms with van der Waals surface area (Å²) in [5.74, 6) is -0.889. The van der Waals surface area contributed by atoms with Crippen LogP contribution in [0.3, 0.4) is 0 Å². The zero-order chi connectivity index (χ0) is 19.5. The fourth-order valence-electron chi connectivity index (χ4n) is 2.38. The maximum Gasteiger partial charge on any atom is 0.307 e. The van der Waals surface area contributed by atoms with E-state index in [1.165, 1.54) is 19.6 Å². The van der Waals surface area contributed by atoms with Gasteiger partial charge in [-0.15, -0.1) is 12.4 Å². The number of rotatable bonds is 7. The summed E-state index contributed by atoms with van der Waals surface area (Å²) in [5.41, 5.74) is 1.93. The van der Waals surface area contributed by atoms with Gasteiger partial charge in [0.05, 0.1) is 22.2 Å². The molecule has 2 aromatic rings. The molecule has 0 atom stereocenters. The van der Waals surface area contributed by atoms with Crippen molar-refractivity contribution in [3.8, 4) is 0 Å². The number of hydrogen-bond donors (Lipinski definition) is 2. The molecule has 0 aliphatic rings. The standard InChI is InChI=1S/C14H11Cl2NO2.C6H15N.ClH/c15-10-5-3-6-11(16)14(10)17-12-7-2-1-4-9(12)8-13(18)19;1-4-7(5-2)6-3;/h1-7,17H,8H2,(H,18,19);4-6H2,1-3H3;1H. The summed E-state index contributed by atoms with van der Waals surface area (Å²) < 4.78 is 0. The van der Waals surface area contributed by atoms with Crippen molar-refractivity contribution in [2.45, 2.75) is 27.2 Å². The van der Waals surface area contributed by atoms with Crippen molar-refractivity contribution in [3.63, 3.8) is 0 Å². The van der Waals surface area contributed by atoms with Crippen LogP contribution in [0.5, 0.6) is 0 Å². The topological polar surface area (TPSA) is 52.6 Å². The minimum atomic E-state index is -0.889. The highest BCUT2D eigenvalue weighted by atomic mass is 35.5. The lowest BCUT2D eigenvalue weighted by molar-refractivity contribution is -0.136. The molecule has 0 amide bonds. The summed E-state index contributed by atoms with van der Waals surface area (Å²) in [6.45, 7) is 10.1. The molecule has 0 aliphatic heterocycles. The molecule has 0 bridgehead atoms. The van der Waals surface area contributed by atoms with E-state index in [-0.39, 0.29) is 18.8 Å². The summed E-state index contributed by atoms with van der Waals surface area (Å²) in [6.07, 6.45) is -0.0642. The van der Waals surface area contributed by atoms with Gasteiger partial charge in [-0.3, -0.25) is 4.79 Å². The second-order valence-electron chi connectivity index (χ2n) is 5.57. The van der Waals surface area contributed by atoms with E-state index < -0.39 is 5.97 Å². The Bertz CT molecular complexity index is 682.